The van der Waals surface area contributed by atoms with Crippen LogP contribution in [0.15, 0.2) is 36.4 Å². The Hall–Kier alpha value is -2.47. The van der Waals surface area contributed by atoms with Crippen LogP contribution in [0, 0.1) is 6.92 Å². The fraction of sp³-hybridized carbons (Fsp3) is 0.278. The van der Waals surface area contributed by atoms with Crippen molar-refractivity contribution in [3.63, 3.8) is 0 Å². The largest absolute Gasteiger partial charge is 0.480 e. The van der Waals surface area contributed by atoms with Crippen molar-refractivity contribution < 1.29 is 9.90 Å². The second-order valence-corrected chi connectivity index (χ2v) is 6.67. The Morgan fingerprint density at radius 2 is 2.04 bits per heavy atom. The molecule has 0 amide bonds. The van der Waals surface area contributed by atoms with Crippen molar-refractivity contribution >= 4 is 33.3 Å². The minimum atomic E-state index is -0.861. The fourth-order valence-corrected chi connectivity index (χ4v) is 3.68. The minimum Gasteiger partial charge on any atom is -0.480 e. The van der Waals surface area contributed by atoms with Gasteiger partial charge in [-0.3, -0.25) is 0 Å². The normalized spacial score (nSPS) is 12.2. The number of nitrogens with one attached hydrogen (secondary N) is 1. The van der Waals surface area contributed by atoms with Crippen LogP contribution >= 0.6 is 11.3 Å². The Balaban J connectivity index is 2.04. The first-order valence-corrected chi connectivity index (χ1v) is 8.73. The maximum absolute atomic E-state index is 11.4. The quantitative estimate of drug-likeness (QED) is 0.698. The molecular formula is C18H19N3O2S. The molecule has 0 aliphatic heterocycles. The first kappa shape index (κ1) is 16.4. The number of carbonyl (C=O) groups is 1. The lowest BCUT2D eigenvalue weighted by Crippen LogP contribution is -2.29. The highest BCUT2D eigenvalue weighted by molar-refractivity contribution is 7.21. The van der Waals surface area contributed by atoms with Crippen LogP contribution in [0.5, 0.6) is 0 Å². The van der Waals surface area contributed by atoms with Gasteiger partial charge >= 0.3 is 5.97 Å². The van der Waals surface area contributed by atoms with Crippen LogP contribution in [0.4, 0.5) is 5.82 Å². The molecule has 0 fully saturated rings. The number of fused-ring (bicyclic) bond motifs is 1. The number of hydrogen-bond donors (Lipinski definition) is 2. The van der Waals surface area contributed by atoms with E-state index in [1.807, 2.05) is 38.1 Å². The Morgan fingerprint density at radius 3 is 2.71 bits per heavy atom. The summed E-state index contributed by atoms with van der Waals surface area (Å²) in [5, 5.41) is 13.3. The number of anilines is 1. The Kier molecular flexibility index (Phi) is 4.76. The summed E-state index contributed by atoms with van der Waals surface area (Å²) >= 11 is 1.59. The van der Waals surface area contributed by atoms with E-state index in [1.165, 1.54) is 0 Å². The molecule has 5 nitrogen and oxygen atoms in total. The summed E-state index contributed by atoms with van der Waals surface area (Å²) in [5.74, 6) is 0.364. The number of rotatable bonds is 6. The van der Waals surface area contributed by atoms with Gasteiger partial charge in [-0.25, -0.2) is 14.8 Å². The number of aryl methyl sites for hydroxylation is 1. The van der Waals surface area contributed by atoms with Crippen LogP contribution in [0.1, 0.15) is 25.6 Å². The molecule has 24 heavy (non-hydrogen) atoms. The summed E-state index contributed by atoms with van der Waals surface area (Å²) in [5.41, 5.74) is 1.12. The monoisotopic (exact) mass is 341 g/mol. The van der Waals surface area contributed by atoms with E-state index in [1.54, 1.807) is 11.3 Å². The summed E-state index contributed by atoms with van der Waals surface area (Å²) in [6, 6.07) is 11.5. The van der Waals surface area contributed by atoms with Crippen LogP contribution in [-0.4, -0.2) is 27.1 Å². The summed E-state index contributed by atoms with van der Waals surface area (Å²) in [4.78, 5) is 22.3. The molecule has 1 atom stereocenters. The van der Waals surface area contributed by atoms with Crippen molar-refractivity contribution in [3.8, 4) is 10.4 Å². The fourth-order valence-electron chi connectivity index (χ4n) is 2.59. The summed E-state index contributed by atoms with van der Waals surface area (Å²) in [7, 11) is 0. The van der Waals surface area contributed by atoms with Crippen LogP contribution in [0.3, 0.4) is 0 Å². The van der Waals surface area contributed by atoms with Gasteiger partial charge in [-0.2, -0.15) is 0 Å². The SMILES string of the molecule is CCCC(Nc1nc(C)nc2sc(-c3ccccc3)cc12)C(=O)O. The molecule has 0 saturated carbocycles. The molecule has 0 aliphatic rings. The van der Waals surface area contributed by atoms with E-state index < -0.39 is 12.0 Å². The van der Waals surface area contributed by atoms with E-state index in [0.29, 0.717) is 18.1 Å². The average molecular weight is 341 g/mol. The Labute approximate surface area is 144 Å². The van der Waals surface area contributed by atoms with E-state index in [2.05, 4.69) is 27.4 Å². The molecular weight excluding hydrogens is 322 g/mol. The van der Waals surface area contributed by atoms with Gasteiger partial charge in [0.15, 0.2) is 0 Å². The standard InChI is InChI=1S/C18H19N3O2S/c1-3-7-14(18(22)23)21-16-13-10-15(12-8-5-4-6-9-12)24-17(13)20-11(2)19-16/h4-6,8-10,14H,3,7H2,1-2H3,(H,22,23)(H,19,20,21). The number of benzene rings is 1. The van der Waals surface area contributed by atoms with Crippen molar-refractivity contribution in [2.75, 3.05) is 5.32 Å². The molecule has 3 rings (SSSR count). The van der Waals surface area contributed by atoms with Gasteiger partial charge in [0.2, 0.25) is 0 Å². The second-order valence-electron chi connectivity index (χ2n) is 5.64. The molecule has 2 heterocycles. The number of nitrogens with zero attached hydrogens (tertiary/aromatic N) is 2. The molecule has 0 bridgehead atoms. The maximum atomic E-state index is 11.4. The third-order valence-electron chi connectivity index (χ3n) is 3.75. The molecule has 0 spiro atoms. The molecule has 1 unspecified atom stereocenters. The van der Waals surface area contributed by atoms with Crippen molar-refractivity contribution in [2.45, 2.75) is 32.7 Å². The number of aromatic nitrogens is 2. The highest BCUT2D eigenvalue weighted by Gasteiger charge is 2.19. The molecule has 3 aromatic rings. The first-order chi connectivity index (χ1) is 11.6. The van der Waals surface area contributed by atoms with Crippen LogP contribution in [0.25, 0.3) is 20.7 Å². The predicted molar refractivity (Wildman–Crippen MR) is 97.5 cm³/mol. The van der Waals surface area contributed by atoms with Gasteiger partial charge in [-0.15, -0.1) is 11.3 Å². The van der Waals surface area contributed by atoms with Crippen LogP contribution < -0.4 is 5.32 Å². The molecule has 2 N–H and O–H groups in total. The van der Waals surface area contributed by atoms with Gasteiger partial charge in [0.05, 0.1) is 5.39 Å². The molecule has 0 saturated heterocycles. The minimum absolute atomic E-state index is 0.551. The number of thiophene rings is 1. The lowest BCUT2D eigenvalue weighted by atomic mass is 10.1. The van der Waals surface area contributed by atoms with Crippen molar-refractivity contribution in [3.05, 3.63) is 42.2 Å². The molecule has 6 heteroatoms. The highest BCUT2D eigenvalue weighted by atomic mass is 32.1. The highest BCUT2D eigenvalue weighted by Crippen LogP contribution is 2.35. The van der Waals surface area contributed by atoms with E-state index in [4.69, 9.17) is 0 Å². The zero-order chi connectivity index (χ0) is 17.1. The number of hydrogen-bond acceptors (Lipinski definition) is 5. The van der Waals surface area contributed by atoms with Gasteiger partial charge in [-0.1, -0.05) is 43.7 Å². The van der Waals surface area contributed by atoms with Gasteiger partial charge in [-0.05, 0) is 25.0 Å². The van der Waals surface area contributed by atoms with E-state index in [-0.39, 0.29) is 0 Å². The summed E-state index contributed by atoms with van der Waals surface area (Å²) in [6.07, 6.45) is 1.34. The zero-order valence-corrected chi connectivity index (χ0v) is 14.4. The lowest BCUT2D eigenvalue weighted by Gasteiger charge is -2.15. The van der Waals surface area contributed by atoms with Crippen molar-refractivity contribution in [2.24, 2.45) is 0 Å². The molecule has 1 aromatic carbocycles. The average Bonchev–Trinajstić information content (AvgIpc) is 2.99. The second kappa shape index (κ2) is 6.97. The third-order valence-corrected chi connectivity index (χ3v) is 4.83. The smallest absolute Gasteiger partial charge is 0.326 e. The van der Waals surface area contributed by atoms with Crippen LogP contribution in [-0.2, 0) is 4.79 Å². The Bertz CT molecular complexity index is 861. The Morgan fingerprint density at radius 1 is 1.29 bits per heavy atom. The topological polar surface area (TPSA) is 75.1 Å². The predicted octanol–water partition coefficient (Wildman–Crippen LogP) is 4.33. The van der Waals surface area contributed by atoms with Gasteiger partial charge in [0.25, 0.3) is 0 Å². The summed E-state index contributed by atoms with van der Waals surface area (Å²) < 4.78 is 0. The van der Waals surface area contributed by atoms with Crippen molar-refractivity contribution in [1.29, 1.82) is 0 Å². The van der Waals surface area contributed by atoms with E-state index in [9.17, 15) is 9.90 Å². The molecule has 0 aliphatic carbocycles. The lowest BCUT2D eigenvalue weighted by molar-refractivity contribution is -0.138. The maximum Gasteiger partial charge on any atom is 0.326 e. The van der Waals surface area contributed by atoms with Gasteiger partial charge < -0.3 is 10.4 Å². The number of aliphatic carboxylic acids is 1. The van der Waals surface area contributed by atoms with E-state index in [0.717, 1.165) is 27.1 Å². The molecule has 2 aromatic heterocycles. The zero-order valence-electron chi connectivity index (χ0n) is 13.6. The van der Waals surface area contributed by atoms with Crippen LogP contribution in [0.2, 0.25) is 0 Å². The first-order valence-electron chi connectivity index (χ1n) is 7.91. The summed E-state index contributed by atoms with van der Waals surface area (Å²) in [6.45, 7) is 3.79. The molecule has 0 radical (unpaired) electrons. The third kappa shape index (κ3) is 3.38. The molecule has 124 valence electrons. The van der Waals surface area contributed by atoms with Crippen molar-refractivity contribution in [1.82, 2.24) is 9.97 Å². The van der Waals surface area contributed by atoms with Gasteiger partial charge in [0, 0.05) is 4.88 Å². The number of carboxylic acid groups (broad SMARTS) is 1. The van der Waals surface area contributed by atoms with E-state index >= 15 is 0 Å². The van der Waals surface area contributed by atoms with Gasteiger partial charge in [0.1, 0.15) is 22.5 Å². The number of carboxylic acids is 1.